The average Bonchev–Trinajstić information content (AvgIpc) is 3.30. The molecule has 2 aliphatic heterocycles. The highest BCUT2D eigenvalue weighted by atomic mass is 16.7. The predicted molar refractivity (Wildman–Crippen MR) is 100 cm³/mol. The number of hydrogen-bond acceptors (Lipinski definition) is 4. The van der Waals surface area contributed by atoms with E-state index in [9.17, 15) is 9.59 Å². The average molecular weight is 371 g/mol. The van der Waals surface area contributed by atoms with E-state index < -0.39 is 5.79 Å². The van der Waals surface area contributed by atoms with Gasteiger partial charge in [-0.25, -0.2) is 0 Å². The number of amides is 2. The van der Waals surface area contributed by atoms with Gasteiger partial charge in [-0.05, 0) is 18.1 Å². The smallest absolute Gasteiger partial charge is 0.232 e. The van der Waals surface area contributed by atoms with Crippen LogP contribution in [0, 0.1) is 0 Å². The second-order valence-electron chi connectivity index (χ2n) is 7.12. The highest BCUT2D eigenvalue weighted by Gasteiger charge is 2.40. The van der Waals surface area contributed by atoms with Crippen molar-refractivity contribution in [3.8, 4) is 0 Å². The molecule has 144 valence electrons. The highest BCUT2D eigenvalue weighted by molar-refractivity contribution is 5.97. The van der Waals surface area contributed by atoms with Crippen LogP contribution in [0.15, 0.2) is 30.5 Å². The summed E-state index contributed by atoms with van der Waals surface area (Å²) >= 11 is 0. The van der Waals surface area contributed by atoms with Crippen LogP contribution in [0.2, 0.25) is 0 Å². The summed E-state index contributed by atoms with van der Waals surface area (Å²) in [7, 11) is 0. The number of carbonyl (C=O) groups excluding carboxylic acids is 2. The van der Waals surface area contributed by atoms with Crippen LogP contribution in [0.3, 0.4) is 0 Å². The second kappa shape index (κ2) is 7.70. The second-order valence-corrected chi connectivity index (χ2v) is 7.12. The molecular formula is C20H25N3O4. The lowest BCUT2D eigenvalue weighted by atomic mass is 10.0. The Kier molecular flexibility index (Phi) is 5.13. The third-order valence-electron chi connectivity index (χ3n) is 5.39. The number of H-pyrrole nitrogens is 1. The summed E-state index contributed by atoms with van der Waals surface area (Å²) < 4.78 is 11.3. The van der Waals surface area contributed by atoms with Gasteiger partial charge in [0.1, 0.15) is 6.42 Å². The van der Waals surface area contributed by atoms with E-state index in [1.165, 1.54) is 5.39 Å². The Morgan fingerprint density at radius 2 is 1.89 bits per heavy atom. The van der Waals surface area contributed by atoms with Gasteiger partial charge in [0, 0.05) is 49.6 Å². The quantitative estimate of drug-likeness (QED) is 0.782. The summed E-state index contributed by atoms with van der Waals surface area (Å²) in [5.74, 6) is -0.862. The SMILES string of the molecule is O=C(CC(=O)N1CCC2(CC1)OCCO2)NCCc1c[nH]c2ccccc12. The van der Waals surface area contributed by atoms with E-state index in [4.69, 9.17) is 9.47 Å². The Morgan fingerprint density at radius 3 is 2.67 bits per heavy atom. The Bertz CT molecular complexity index is 815. The molecule has 0 saturated carbocycles. The highest BCUT2D eigenvalue weighted by Crippen LogP contribution is 2.31. The van der Waals surface area contributed by atoms with E-state index in [-0.39, 0.29) is 18.2 Å². The van der Waals surface area contributed by atoms with E-state index in [0.717, 1.165) is 17.5 Å². The van der Waals surface area contributed by atoms with Crippen LogP contribution in [0.25, 0.3) is 10.9 Å². The van der Waals surface area contributed by atoms with Gasteiger partial charge >= 0.3 is 0 Å². The predicted octanol–water partition coefficient (Wildman–Crippen LogP) is 1.58. The minimum absolute atomic E-state index is 0.109. The molecular weight excluding hydrogens is 346 g/mol. The lowest BCUT2D eigenvalue weighted by molar-refractivity contribution is -0.187. The maximum Gasteiger partial charge on any atom is 0.232 e. The van der Waals surface area contributed by atoms with Gasteiger partial charge in [0.25, 0.3) is 0 Å². The van der Waals surface area contributed by atoms with Crippen molar-refractivity contribution in [2.24, 2.45) is 0 Å². The first kappa shape index (κ1) is 18.0. The number of likely N-dealkylation sites (tertiary alicyclic amines) is 1. The number of aromatic amines is 1. The lowest BCUT2D eigenvalue weighted by Crippen LogP contribution is -2.48. The molecule has 2 fully saturated rings. The van der Waals surface area contributed by atoms with E-state index in [2.05, 4.69) is 16.4 Å². The van der Waals surface area contributed by atoms with E-state index in [1.54, 1.807) is 4.90 Å². The Balaban J connectivity index is 1.21. The van der Waals surface area contributed by atoms with Crippen LogP contribution < -0.4 is 5.32 Å². The van der Waals surface area contributed by atoms with Crippen molar-refractivity contribution in [2.75, 3.05) is 32.8 Å². The lowest BCUT2D eigenvalue weighted by Gasteiger charge is -2.37. The van der Waals surface area contributed by atoms with Gasteiger partial charge in [0.2, 0.25) is 11.8 Å². The zero-order valence-electron chi connectivity index (χ0n) is 15.3. The molecule has 0 unspecified atom stereocenters. The monoisotopic (exact) mass is 371 g/mol. The van der Waals surface area contributed by atoms with Gasteiger partial charge in [-0.2, -0.15) is 0 Å². The van der Waals surface area contributed by atoms with E-state index >= 15 is 0 Å². The maximum atomic E-state index is 12.4. The van der Waals surface area contributed by atoms with Crippen LogP contribution in [0.5, 0.6) is 0 Å². The topological polar surface area (TPSA) is 83.7 Å². The molecule has 4 rings (SSSR count). The first-order valence-electron chi connectivity index (χ1n) is 9.53. The minimum atomic E-state index is -0.502. The molecule has 1 aromatic carbocycles. The van der Waals surface area contributed by atoms with Crippen molar-refractivity contribution in [3.63, 3.8) is 0 Å². The number of rotatable bonds is 5. The van der Waals surface area contributed by atoms with E-state index in [0.29, 0.717) is 45.7 Å². The first-order valence-corrected chi connectivity index (χ1v) is 9.53. The molecule has 27 heavy (non-hydrogen) atoms. The normalized spacial score (nSPS) is 18.9. The molecule has 7 heteroatoms. The number of ether oxygens (including phenoxy) is 2. The number of piperidine rings is 1. The minimum Gasteiger partial charge on any atom is -0.361 e. The Morgan fingerprint density at radius 1 is 1.15 bits per heavy atom. The molecule has 2 amide bonds. The summed E-state index contributed by atoms with van der Waals surface area (Å²) in [5, 5.41) is 4.02. The van der Waals surface area contributed by atoms with Gasteiger partial charge in [-0.15, -0.1) is 0 Å². The van der Waals surface area contributed by atoms with Crippen LogP contribution in [-0.4, -0.2) is 60.3 Å². The Hall–Kier alpha value is -2.38. The number of fused-ring (bicyclic) bond motifs is 1. The molecule has 0 radical (unpaired) electrons. The fourth-order valence-corrected chi connectivity index (χ4v) is 3.87. The fourth-order valence-electron chi connectivity index (χ4n) is 3.87. The molecule has 0 aliphatic carbocycles. The standard InChI is InChI=1S/C20H25N3O4/c24-18(21-8-5-15-14-22-17-4-2-1-3-16(15)17)13-19(25)23-9-6-20(7-10-23)26-11-12-27-20/h1-4,14,22H,5-13H2,(H,21,24). The summed E-state index contributed by atoms with van der Waals surface area (Å²) in [6.07, 6.45) is 3.92. The molecule has 2 saturated heterocycles. The number of aromatic nitrogens is 1. The fraction of sp³-hybridized carbons (Fsp3) is 0.500. The maximum absolute atomic E-state index is 12.4. The van der Waals surface area contributed by atoms with Crippen molar-refractivity contribution in [1.82, 2.24) is 15.2 Å². The molecule has 2 aromatic rings. The summed E-state index contributed by atoms with van der Waals surface area (Å²) in [5.41, 5.74) is 2.25. The molecule has 2 aliphatic rings. The molecule has 0 atom stereocenters. The third kappa shape index (κ3) is 3.99. The summed E-state index contributed by atoms with van der Waals surface area (Å²) in [4.78, 5) is 29.4. The van der Waals surface area contributed by atoms with Crippen LogP contribution in [-0.2, 0) is 25.5 Å². The molecule has 1 aromatic heterocycles. The number of nitrogens with one attached hydrogen (secondary N) is 2. The molecule has 3 heterocycles. The van der Waals surface area contributed by atoms with Crippen molar-refractivity contribution in [2.45, 2.75) is 31.5 Å². The van der Waals surface area contributed by atoms with Crippen LogP contribution >= 0.6 is 0 Å². The number of hydrogen-bond donors (Lipinski definition) is 2. The van der Waals surface area contributed by atoms with E-state index in [1.807, 2.05) is 24.4 Å². The van der Waals surface area contributed by atoms with Gasteiger partial charge in [0.05, 0.1) is 13.2 Å². The molecule has 2 N–H and O–H groups in total. The summed E-state index contributed by atoms with van der Waals surface area (Å²) in [6.45, 7) is 2.89. The number of para-hydroxylation sites is 1. The van der Waals surface area contributed by atoms with Gasteiger partial charge < -0.3 is 24.7 Å². The molecule has 1 spiro atoms. The molecule has 7 nitrogen and oxygen atoms in total. The zero-order valence-corrected chi connectivity index (χ0v) is 15.3. The van der Waals surface area contributed by atoms with Crippen molar-refractivity contribution >= 4 is 22.7 Å². The number of nitrogens with zero attached hydrogens (tertiary/aromatic N) is 1. The van der Waals surface area contributed by atoms with Gasteiger partial charge in [-0.1, -0.05) is 18.2 Å². The van der Waals surface area contributed by atoms with Gasteiger partial charge in [0.15, 0.2) is 5.79 Å². The third-order valence-corrected chi connectivity index (χ3v) is 5.39. The summed E-state index contributed by atoms with van der Waals surface area (Å²) in [6, 6.07) is 8.08. The zero-order chi connectivity index (χ0) is 18.7. The number of benzene rings is 1. The van der Waals surface area contributed by atoms with Crippen LogP contribution in [0.1, 0.15) is 24.8 Å². The first-order chi connectivity index (χ1) is 13.2. The van der Waals surface area contributed by atoms with Crippen molar-refractivity contribution in [3.05, 3.63) is 36.0 Å². The van der Waals surface area contributed by atoms with Crippen molar-refractivity contribution < 1.29 is 19.1 Å². The van der Waals surface area contributed by atoms with Crippen molar-refractivity contribution in [1.29, 1.82) is 0 Å². The Labute approximate surface area is 158 Å². The number of carbonyl (C=O) groups is 2. The largest absolute Gasteiger partial charge is 0.361 e. The van der Waals surface area contributed by atoms with Crippen LogP contribution in [0.4, 0.5) is 0 Å². The molecule has 0 bridgehead atoms. The van der Waals surface area contributed by atoms with Gasteiger partial charge in [-0.3, -0.25) is 9.59 Å².